The van der Waals surface area contributed by atoms with E-state index in [1.807, 2.05) is 0 Å². The van der Waals surface area contributed by atoms with E-state index in [9.17, 15) is 8.78 Å². The molecule has 1 aliphatic heterocycles. The van der Waals surface area contributed by atoms with Crippen molar-refractivity contribution in [3.63, 3.8) is 0 Å². The third-order valence-corrected chi connectivity index (χ3v) is 3.67. The molecule has 0 saturated carbocycles. The van der Waals surface area contributed by atoms with E-state index in [-0.39, 0.29) is 5.56 Å². The summed E-state index contributed by atoms with van der Waals surface area (Å²) < 4.78 is 39.3. The molecule has 4 rings (SSSR count). The van der Waals surface area contributed by atoms with Crippen molar-refractivity contribution in [1.82, 2.24) is 9.97 Å². The number of benzene rings is 2. The van der Waals surface area contributed by atoms with Crippen LogP contribution in [0.5, 0.6) is 0 Å². The quantitative estimate of drug-likeness (QED) is 0.787. The molecule has 0 aliphatic carbocycles. The second-order valence-electron chi connectivity index (χ2n) is 5.07. The van der Waals surface area contributed by atoms with Gasteiger partial charge in [-0.15, -0.1) is 0 Å². The van der Waals surface area contributed by atoms with Crippen molar-refractivity contribution in [2.24, 2.45) is 0 Å². The van der Waals surface area contributed by atoms with Crippen LogP contribution in [0.1, 0.15) is 11.9 Å². The van der Waals surface area contributed by atoms with Gasteiger partial charge in [-0.3, -0.25) is 0 Å². The highest BCUT2D eigenvalue weighted by molar-refractivity contribution is 5.81. The molecule has 0 amide bonds. The van der Waals surface area contributed by atoms with Gasteiger partial charge >= 0.3 is 0 Å². The van der Waals surface area contributed by atoms with Crippen LogP contribution in [-0.4, -0.2) is 23.2 Å². The molecule has 1 aliphatic rings. The van der Waals surface area contributed by atoms with Gasteiger partial charge in [0.15, 0.2) is 6.29 Å². The predicted octanol–water partition coefficient (Wildman–Crippen LogP) is 3.55. The van der Waals surface area contributed by atoms with Gasteiger partial charge in [-0.05, 0) is 29.8 Å². The van der Waals surface area contributed by atoms with E-state index >= 15 is 0 Å². The van der Waals surface area contributed by atoms with Crippen LogP contribution in [0, 0.1) is 11.6 Å². The second-order valence-corrected chi connectivity index (χ2v) is 5.07. The van der Waals surface area contributed by atoms with Gasteiger partial charge in [-0.2, -0.15) is 0 Å². The monoisotopic (exact) mass is 302 g/mol. The summed E-state index contributed by atoms with van der Waals surface area (Å²) >= 11 is 0. The summed E-state index contributed by atoms with van der Waals surface area (Å²) in [6.45, 7) is 0.844. The molecule has 3 aromatic rings. The van der Waals surface area contributed by atoms with Gasteiger partial charge < -0.3 is 14.5 Å². The average Bonchev–Trinajstić information content (AvgIpc) is 3.17. The third kappa shape index (κ3) is 2.17. The molecule has 2 heterocycles. The Hall–Kier alpha value is -2.31. The minimum Gasteiger partial charge on any atom is -0.346 e. The molecule has 0 unspecified atom stereocenters. The summed E-state index contributed by atoms with van der Waals surface area (Å²) in [4.78, 5) is 7.05. The van der Waals surface area contributed by atoms with Crippen LogP contribution in [-0.2, 0) is 9.47 Å². The van der Waals surface area contributed by atoms with Gasteiger partial charge in [0.05, 0.1) is 36.1 Å². The summed E-state index contributed by atoms with van der Waals surface area (Å²) in [6.07, 6.45) is 0.839. The molecule has 1 aromatic heterocycles. The number of aromatic nitrogens is 2. The zero-order valence-corrected chi connectivity index (χ0v) is 11.5. The van der Waals surface area contributed by atoms with E-state index in [0.717, 1.165) is 5.52 Å². The summed E-state index contributed by atoms with van der Waals surface area (Å²) in [7, 11) is 0. The molecule has 6 heteroatoms. The Morgan fingerprint density at radius 2 is 1.77 bits per heavy atom. The largest absolute Gasteiger partial charge is 0.346 e. The highest BCUT2D eigenvalue weighted by atomic mass is 19.1. The molecule has 4 nitrogen and oxygen atoms in total. The molecule has 0 spiro atoms. The van der Waals surface area contributed by atoms with Crippen LogP contribution in [0.15, 0.2) is 36.7 Å². The lowest BCUT2D eigenvalue weighted by molar-refractivity contribution is -0.0444. The van der Waals surface area contributed by atoms with Crippen molar-refractivity contribution in [2.45, 2.75) is 6.29 Å². The predicted molar refractivity (Wildman–Crippen MR) is 76.1 cm³/mol. The number of rotatable bonds is 2. The smallest absolute Gasteiger partial charge is 0.184 e. The van der Waals surface area contributed by atoms with Gasteiger partial charge in [-0.1, -0.05) is 6.07 Å². The highest BCUT2D eigenvalue weighted by Gasteiger charge is 2.22. The second kappa shape index (κ2) is 5.15. The molecule has 0 radical (unpaired) electrons. The average molecular weight is 302 g/mol. The van der Waals surface area contributed by atoms with E-state index < -0.39 is 17.9 Å². The molecule has 0 bridgehead atoms. The Morgan fingerprint density at radius 1 is 1.05 bits per heavy atom. The lowest BCUT2D eigenvalue weighted by atomic mass is 10.0. The molecule has 112 valence electrons. The first-order valence-corrected chi connectivity index (χ1v) is 6.88. The van der Waals surface area contributed by atoms with Crippen LogP contribution in [0.3, 0.4) is 0 Å². The Kier molecular flexibility index (Phi) is 3.13. The van der Waals surface area contributed by atoms with E-state index in [2.05, 4.69) is 9.97 Å². The van der Waals surface area contributed by atoms with E-state index in [4.69, 9.17) is 9.47 Å². The SMILES string of the molecule is Fc1cc(C2OCCO2)cc(F)c1-c1ccc2[nH]cnc2c1. The van der Waals surface area contributed by atoms with Gasteiger partial charge in [-0.25, -0.2) is 13.8 Å². The number of H-pyrrole nitrogens is 1. The maximum Gasteiger partial charge on any atom is 0.184 e. The zero-order valence-electron chi connectivity index (χ0n) is 11.5. The lowest BCUT2D eigenvalue weighted by Gasteiger charge is -2.12. The first-order valence-electron chi connectivity index (χ1n) is 6.88. The van der Waals surface area contributed by atoms with E-state index in [0.29, 0.717) is 29.9 Å². The number of imidazole rings is 1. The molecule has 2 aromatic carbocycles. The summed E-state index contributed by atoms with van der Waals surface area (Å²) in [6, 6.07) is 7.56. The fourth-order valence-corrected chi connectivity index (χ4v) is 2.64. The molecule has 1 N–H and O–H groups in total. The number of halogens is 2. The number of nitrogens with one attached hydrogen (secondary N) is 1. The topological polar surface area (TPSA) is 47.1 Å². The van der Waals surface area contributed by atoms with Crippen LogP contribution < -0.4 is 0 Å². The Balaban J connectivity index is 1.80. The van der Waals surface area contributed by atoms with Crippen molar-refractivity contribution in [3.05, 3.63) is 53.9 Å². The first kappa shape index (κ1) is 13.4. The molecule has 1 fully saturated rings. The number of hydrogen-bond acceptors (Lipinski definition) is 3. The Labute approximate surface area is 124 Å². The van der Waals surface area contributed by atoms with Crippen LogP contribution in [0.25, 0.3) is 22.2 Å². The van der Waals surface area contributed by atoms with Crippen LogP contribution >= 0.6 is 0 Å². The zero-order chi connectivity index (χ0) is 15.1. The number of fused-ring (bicyclic) bond motifs is 1. The van der Waals surface area contributed by atoms with Crippen molar-refractivity contribution in [2.75, 3.05) is 13.2 Å². The minimum absolute atomic E-state index is 0.0772. The first-order chi connectivity index (χ1) is 10.7. The number of aromatic amines is 1. The summed E-state index contributed by atoms with van der Waals surface area (Å²) in [5.74, 6) is -1.30. The molecule has 0 atom stereocenters. The Bertz CT molecular complexity index is 818. The fraction of sp³-hybridized carbons (Fsp3) is 0.188. The maximum absolute atomic E-state index is 14.4. The molecule has 22 heavy (non-hydrogen) atoms. The third-order valence-electron chi connectivity index (χ3n) is 3.67. The van der Waals surface area contributed by atoms with E-state index in [1.54, 1.807) is 24.5 Å². The number of nitrogens with zero attached hydrogens (tertiary/aromatic N) is 1. The highest BCUT2D eigenvalue weighted by Crippen LogP contribution is 2.32. The van der Waals surface area contributed by atoms with Gasteiger partial charge in [0.1, 0.15) is 11.6 Å². The summed E-state index contributed by atoms with van der Waals surface area (Å²) in [5.41, 5.74) is 2.18. The van der Waals surface area contributed by atoms with Crippen LogP contribution in [0.2, 0.25) is 0 Å². The number of ether oxygens (including phenoxy) is 2. The fourth-order valence-electron chi connectivity index (χ4n) is 2.64. The Morgan fingerprint density at radius 3 is 2.50 bits per heavy atom. The van der Waals surface area contributed by atoms with Crippen molar-refractivity contribution >= 4 is 11.0 Å². The van der Waals surface area contributed by atoms with E-state index in [1.165, 1.54) is 12.1 Å². The lowest BCUT2D eigenvalue weighted by Crippen LogP contribution is -2.01. The van der Waals surface area contributed by atoms with Gasteiger partial charge in [0.2, 0.25) is 0 Å². The van der Waals surface area contributed by atoms with Gasteiger partial charge in [0.25, 0.3) is 0 Å². The van der Waals surface area contributed by atoms with Crippen LogP contribution in [0.4, 0.5) is 8.78 Å². The maximum atomic E-state index is 14.4. The van der Waals surface area contributed by atoms with Crippen molar-refractivity contribution in [3.8, 4) is 11.1 Å². The molecular weight excluding hydrogens is 290 g/mol. The van der Waals surface area contributed by atoms with Crippen molar-refractivity contribution < 1.29 is 18.3 Å². The normalized spacial score (nSPS) is 15.7. The number of hydrogen-bond donors (Lipinski definition) is 1. The summed E-state index contributed by atoms with van der Waals surface area (Å²) in [5, 5.41) is 0. The molecular formula is C16H12F2N2O2. The minimum atomic E-state index is -0.702. The van der Waals surface area contributed by atoms with Gasteiger partial charge in [0, 0.05) is 5.56 Å². The molecule has 1 saturated heterocycles. The van der Waals surface area contributed by atoms with Crippen molar-refractivity contribution in [1.29, 1.82) is 0 Å². The standard InChI is InChI=1S/C16H12F2N2O2/c17-11-5-10(16-21-3-4-22-16)6-12(18)15(11)9-1-2-13-14(7-9)20-8-19-13/h1-2,5-8,16H,3-4H2,(H,19,20).